The zero-order chi connectivity index (χ0) is 40.0. The van der Waals surface area contributed by atoms with Gasteiger partial charge in [-0.1, -0.05) is 36.2 Å². The number of nitrogens with one attached hydrogen (secondary N) is 1. The molecule has 0 bridgehead atoms. The number of aromatic nitrogens is 2. The molecule has 0 unspecified atom stereocenters. The van der Waals surface area contributed by atoms with Gasteiger partial charge in [-0.2, -0.15) is 0 Å². The van der Waals surface area contributed by atoms with Crippen LogP contribution >= 0.6 is 11.6 Å². The van der Waals surface area contributed by atoms with Crippen molar-refractivity contribution in [3.8, 4) is 11.5 Å². The molecule has 2 aromatic heterocycles. The summed E-state index contributed by atoms with van der Waals surface area (Å²) in [4.78, 5) is 41.7. The molecule has 4 aromatic rings. The number of piperazine rings is 1. The lowest BCUT2D eigenvalue weighted by atomic mass is 9.69. The first kappa shape index (κ1) is 39.3. The number of carboxylic acid groups (broad SMARTS) is 1. The fourth-order valence-electron chi connectivity index (χ4n) is 9.37. The first-order valence-corrected chi connectivity index (χ1v) is 20.7. The molecule has 0 radical (unpaired) electrons. The molecule has 12 heteroatoms. The minimum atomic E-state index is -1.03. The van der Waals surface area contributed by atoms with Gasteiger partial charge < -0.3 is 34.3 Å². The summed E-state index contributed by atoms with van der Waals surface area (Å²) < 4.78 is 11.8. The van der Waals surface area contributed by atoms with Crippen molar-refractivity contribution in [1.29, 1.82) is 0 Å². The lowest BCUT2D eigenvalue weighted by Gasteiger charge is -2.54. The van der Waals surface area contributed by atoms with Crippen molar-refractivity contribution in [3.05, 3.63) is 88.7 Å². The number of aromatic carboxylic acids is 1. The van der Waals surface area contributed by atoms with Crippen LogP contribution in [0.2, 0.25) is 5.02 Å². The lowest BCUT2D eigenvalue weighted by molar-refractivity contribution is -0.0628. The number of rotatable bonds is 9. The maximum Gasteiger partial charge on any atom is 0.410 e. The third kappa shape index (κ3) is 8.96. The molecule has 302 valence electrons. The summed E-state index contributed by atoms with van der Waals surface area (Å²) in [6.45, 7) is 17.5. The summed E-state index contributed by atoms with van der Waals surface area (Å²) in [6.07, 6.45) is 8.73. The molecule has 2 N–H and O–H groups in total. The number of nitrogens with zero attached hydrogens (tertiary/aromatic N) is 5. The zero-order valence-electron chi connectivity index (χ0n) is 33.7. The summed E-state index contributed by atoms with van der Waals surface area (Å²) in [6, 6.07) is 17.5. The highest BCUT2D eigenvalue weighted by Crippen LogP contribution is 2.46. The number of piperidine rings is 1. The number of aromatic amines is 1. The summed E-state index contributed by atoms with van der Waals surface area (Å²) in [5, 5.41) is 11.6. The topological polar surface area (TPSA) is 114 Å². The van der Waals surface area contributed by atoms with E-state index >= 15 is 0 Å². The number of H-pyrrole nitrogens is 1. The number of carboxylic acids is 1. The van der Waals surface area contributed by atoms with Crippen LogP contribution in [0.15, 0.2) is 72.6 Å². The Morgan fingerprint density at radius 1 is 0.930 bits per heavy atom. The van der Waals surface area contributed by atoms with Gasteiger partial charge in [0.2, 0.25) is 0 Å². The Balaban J connectivity index is 0.911. The number of fused-ring (bicyclic) bond motifs is 1. The van der Waals surface area contributed by atoms with Crippen LogP contribution < -0.4 is 9.64 Å². The van der Waals surface area contributed by atoms with Gasteiger partial charge in [0.05, 0.1) is 6.20 Å². The van der Waals surface area contributed by atoms with Gasteiger partial charge >= 0.3 is 12.1 Å². The average molecular weight is 795 g/mol. The Labute approximate surface area is 340 Å². The minimum absolute atomic E-state index is 0.116. The first-order chi connectivity index (χ1) is 27.2. The molecular weight excluding hydrogens is 740 g/mol. The molecule has 2 aromatic carbocycles. The Morgan fingerprint density at radius 2 is 1.67 bits per heavy atom. The molecule has 1 spiro atoms. The van der Waals surface area contributed by atoms with Crippen molar-refractivity contribution in [1.82, 2.24) is 24.7 Å². The first-order valence-electron chi connectivity index (χ1n) is 20.4. The number of allylic oxidation sites excluding steroid dienone is 1. The van der Waals surface area contributed by atoms with Gasteiger partial charge in [-0.05, 0) is 119 Å². The Bertz CT molecular complexity index is 2140. The van der Waals surface area contributed by atoms with Crippen molar-refractivity contribution >= 4 is 46.0 Å². The molecule has 1 amide bonds. The van der Waals surface area contributed by atoms with Crippen molar-refractivity contribution in [2.24, 2.45) is 10.8 Å². The predicted molar refractivity (Wildman–Crippen MR) is 224 cm³/mol. The van der Waals surface area contributed by atoms with Gasteiger partial charge in [0.1, 0.15) is 28.3 Å². The number of benzene rings is 2. The summed E-state index contributed by atoms with van der Waals surface area (Å²) in [5.41, 5.74) is 6.00. The monoisotopic (exact) mass is 794 g/mol. The molecule has 57 heavy (non-hydrogen) atoms. The number of pyridine rings is 1. The van der Waals surface area contributed by atoms with Crippen molar-refractivity contribution in [2.45, 2.75) is 65.4 Å². The van der Waals surface area contributed by atoms with Crippen LogP contribution in [0.1, 0.15) is 75.7 Å². The molecule has 3 aliphatic heterocycles. The third-order valence-electron chi connectivity index (χ3n) is 12.4. The normalized spacial score (nSPS) is 21.8. The van der Waals surface area contributed by atoms with E-state index in [1.165, 1.54) is 16.7 Å². The van der Waals surface area contributed by atoms with Crippen molar-refractivity contribution < 1.29 is 24.2 Å². The summed E-state index contributed by atoms with van der Waals surface area (Å²) in [7, 11) is 0. The highest BCUT2D eigenvalue weighted by Gasteiger charge is 2.48. The van der Waals surface area contributed by atoms with Crippen molar-refractivity contribution in [2.75, 3.05) is 70.3 Å². The number of ether oxygens (including phenoxy) is 2. The van der Waals surface area contributed by atoms with E-state index in [-0.39, 0.29) is 22.5 Å². The average Bonchev–Trinajstić information content (AvgIpc) is 3.62. The van der Waals surface area contributed by atoms with E-state index in [1.807, 2.05) is 68.3 Å². The van der Waals surface area contributed by atoms with Gasteiger partial charge in [-0.25, -0.2) is 14.6 Å². The second-order valence-corrected chi connectivity index (χ2v) is 18.6. The molecule has 3 fully saturated rings. The standard InChI is InChI=1S/C45H55ClN6O5/c1-43(2,3)57-42(55)52-29-45(30-52)14-17-50(18-15-45)28-44(4)13-11-37(31-5-7-34(46)8-6-31)33(25-44)27-49-19-21-51(22-20-49)35-9-10-38(41(53)54)39(24-35)56-36-23-32-12-16-47-40(32)48-26-36/h5-10,12,16,23-24,26H,11,13-15,17-22,25,27-30H2,1-4H3,(H,47,48)(H,53,54)/t44-/m1/s1. The fourth-order valence-corrected chi connectivity index (χ4v) is 9.49. The van der Waals surface area contributed by atoms with Crippen LogP contribution in [0.3, 0.4) is 0 Å². The SMILES string of the molecule is CC(C)(C)OC(=O)N1CC2(CCN(C[C@]3(C)CCC(c4ccc(Cl)cc4)=C(CN4CCN(c5ccc(C(=O)O)c(Oc6cnc7[nH]ccc7c6)c5)CC4)C3)CC2)C1. The summed E-state index contributed by atoms with van der Waals surface area (Å²) in [5.74, 6) is -0.238. The maximum atomic E-state index is 12.6. The number of anilines is 1. The van der Waals surface area contributed by atoms with E-state index in [9.17, 15) is 14.7 Å². The maximum absolute atomic E-state index is 12.6. The molecular formula is C45H55ClN6O5. The van der Waals surface area contributed by atoms with Crippen LogP contribution in [-0.4, -0.2) is 113 Å². The number of likely N-dealkylation sites (tertiary alicyclic amines) is 2. The number of hydrogen-bond acceptors (Lipinski definition) is 8. The van der Waals surface area contributed by atoms with E-state index in [1.54, 1.807) is 12.3 Å². The van der Waals surface area contributed by atoms with Gasteiger partial charge in [-0.15, -0.1) is 0 Å². The Hall–Kier alpha value is -4.58. The van der Waals surface area contributed by atoms with Gasteiger partial charge in [0, 0.05) is 86.1 Å². The number of amides is 1. The molecule has 1 atom stereocenters. The lowest BCUT2D eigenvalue weighted by Crippen LogP contribution is -2.62. The quantitative estimate of drug-likeness (QED) is 0.172. The highest BCUT2D eigenvalue weighted by atomic mass is 35.5. The third-order valence-corrected chi connectivity index (χ3v) is 12.7. The molecule has 8 rings (SSSR count). The fraction of sp³-hybridized carbons (Fsp3) is 0.489. The second-order valence-electron chi connectivity index (χ2n) is 18.1. The van der Waals surface area contributed by atoms with E-state index in [0.29, 0.717) is 11.5 Å². The number of carbonyl (C=O) groups is 2. The predicted octanol–water partition coefficient (Wildman–Crippen LogP) is 8.81. The van der Waals surface area contributed by atoms with E-state index in [0.717, 1.165) is 119 Å². The van der Waals surface area contributed by atoms with Crippen LogP contribution in [0.5, 0.6) is 11.5 Å². The molecule has 11 nitrogen and oxygen atoms in total. The number of hydrogen-bond donors (Lipinski definition) is 2. The molecule has 3 saturated heterocycles. The van der Waals surface area contributed by atoms with Crippen LogP contribution in [0.4, 0.5) is 10.5 Å². The highest BCUT2D eigenvalue weighted by molar-refractivity contribution is 6.30. The summed E-state index contributed by atoms with van der Waals surface area (Å²) >= 11 is 6.33. The van der Waals surface area contributed by atoms with Crippen LogP contribution in [0, 0.1) is 10.8 Å². The van der Waals surface area contributed by atoms with E-state index < -0.39 is 11.6 Å². The molecule has 0 saturated carbocycles. The van der Waals surface area contributed by atoms with Gasteiger partial charge in [-0.3, -0.25) is 4.90 Å². The molecule has 1 aliphatic carbocycles. The Morgan fingerprint density at radius 3 is 2.37 bits per heavy atom. The number of carbonyl (C=O) groups excluding carboxylic acids is 1. The molecule has 5 heterocycles. The van der Waals surface area contributed by atoms with Crippen molar-refractivity contribution in [3.63, 3.8) is 0 Å². The zero-order valence-corrected chi connectivity index (χ0v) is 34.4. The number of halogens is 1. The van der Waals surface area contributed by atoms with Gasteiger partial charge in [0.15, 0.2) is 0 Å². The second kappa shape index (κ2) is 15.6. The Kier molecular flexibility index (Phi) is 10.8. The van der Waals surface area contributed by atoms with Crippen LogP contribution in [0.25, 0.3) is 16.6 Å². The van der Waals surface area contributed by atoms with E-state index in [2.05, 4.69) is 43.7 Å². The molecule has 4 aliphatic rings. The largest absolute Gasteiger partial charge is 0.478 e. The van der Waals surface area contributed by atoms with E-state index in [4.69, 9.17) is 21.1 Å². The van der Waals surface area contributed by atoms with Gasteiger partial charge in [0.25, 0.3) is 0 Å². The smallest absolute Gasteiger partial charge is 0.410 e. The van der Waals surface area contributed by atoms with Crippen LogP contribution in [-0.2, 0) is 4.74 Å². The minimum Gasteiger partial charge on any atom is -0.478 e.